The summed E-state index contributed by atoms with van der Waals surface area (Å²) < 4.78 is 14.2. The zero-order chi connectivity index (χ0) is 18.4. The van der Waals surface area contributed by atoms with Crippen molar-refractivity contribution >= 4 is 17.7 Å². The van der Waals surface area contributed by atoms with E-state index in [-0.39, 0.29) is 5.82 Å². The highest BCUT2D eigenvalue weighted by atomic mass is 19.1. The van der Waals surface area contributed by atoms with Crippen molar-refractivity contribution < 1.29 is 9.18 Å². The third-order valence-corrected chi connectivity index (χ3v) is 4.94. The number of halogens is 1. The summed E-state index contributed by atoms with van der Waals surface area (Å²) in [5.41, 5.74) is 5.34. The van der Waals surface area contributed by atoms with Gasteiger partial charge in [-0.1, -0.05) is 31.2 Å². The number of para-hydroxylation sites is 1. The zero-order valence-corrected chi connectivity index (χ0v) is 15.4. The number of fused-ring (bicyclic) bond motifs is 1. The van der Waals surface area contributed by atoms with Crippen molar-refractivity contribution in [2.45, 2.75) is 45.6 Å². The minimum absolute atomic E-state index is 0.228. The summed E-state index contributed by atoms with van der Waals surface area (Å²) in [7, 11) is 0. The Balaban J connectivity index is 1.74. The lowest BCUT2D eigenvalue weighted by Gasteiger charge is -2.33. The zero-order valence-electron chi connectivity index (χ0n) is 15.4. The van der Waals surface area contributed by atoms with Crippen LogP contribution < -0.4 is 10.2 Å². The van der Waals surface area contributed by atoms with Gasteiger partial charge in [0.1, 0.15) is 12.1 Å². The van der Waals surface area contributed by atoms with Crippen molar-refractivity contribution in [3.8, 4) is 0 Å². The third-order valence-electron chi connectivity index (χ3n) is 4.94. The Morgan fingerprint density at radius 3 is 2.92 bits per heavy atom. The predicted octanol–water partition coefficient (Wildman–Crippen LogP) is 4.73. The number of hydrogen-bond donors (Lipinski definition) is 1. The van der Waals surface area contributed by atoms with E-state index >= 15 is 0 Å². The largest absolute Gasteiger partial charge is 0.379 e. The maximum absolute atomic E-state index is 14.2. The molecule has 0 saturated carbocycles. The third kappa shape index (κ3) is 4.24. The maximum Gasteiger partial charge on any atom is 0.126 e. The van der Waals surface area contributed by atoms with E-state index in [0.29, 0.717) is 24.9 Å². The van der Waals surface area contributed by atoms with Crippen LogP contribution >= 0.6 is 0 Å². The van der Waals surface area contributed by atoms with Crippen LogP contribution in [0.15, 0.2) is 36.4 Å². The molecule has 1 heterocycles. The van der Waals surface area contributed by atoms with Crippen LogP contribution in [-0.4, -0.2) is 19.4 Å². The van der Waals surface area contributed by atoms with Crippen molar-refractivity contribution in [3.05, 3.63) is 58.9 Å². The number of hydrogen-bond acceptors (Lipinski definition) is 3. The van der Waals surface area contributed by atoms with Crippen molar-refractivity contribution in [1.29, 1.82) is 0 Å². The Kier molecular flexibility index (Phi) is 6.26. The fourth-order valence-corrected chi connectivity index (χ4v) is 3.69. The molecule has 138 valence electrons. The summed E-state index contributed by atoms with van der Waals surface area (Å²) in [4.78, 5) is 12.9. The SMILES string of the molecule is CCCN1CCCc2cccc(NCc3ccc(CCC=O)c(F)c3)c21. The van der Waals surface area contributed by atoms with Gasteiger partial charge in [0, 0.05) is 26.1 Å². The van der Waals surface area contributed by atoms with Gasteiger partial charge in [0.15, 0.2) is 0 Å². The molecule has 0 bridgehead atoms. The molecule has 4 heteroatoms. The van der Waals surface area contributed by atoms with Crippen LogP contribution in [0, 0.1) is 5.82 Å². The van der Waals surface area contributed by atoms with Gasteiger partial charge in [-0.15, -0.1) is 0 Å². The summed E-state index contributed by atoms with van der Waals surface area (Å²) in [5.74, 6) is -0.228. The molecule has 0 amide bonds. The lowest BCUT2D eigenvalue weighted by Crippen LogP contribution is -2.30. The van der Waals surface area contributed by atoms with Gasteiger partial charge in [-0.2, -0.15) is 0 Å². The number of nitrogens with one attached hydrogen (secondary N) is 1. The first kappa shape index (κ1) is 18.4. The maximum atomic E-state index is 14.2. The van der Waals surface area contributed by atoms with Crippen LogP contribution in [0.1, 0.15) is 42.9 Å². The number of benzene rings is 2. The molecule has 0 atom stereocenters. The van der Waals surface area contributed by atoms with Gasteiger partial charge in [0.05, 0.1) is 11.4 Å². The normalized spacial score (nSPS) is 13.4. The molecule has 0 fully saturated rings. The van der Waals surface area contributed by atoms with Crippen LogP contribution in [0.4, 0.5) is 15.8 Å². The number of anilines is 2. The van der Waals surface area contributed by atoms with Crippen molar-refractivity contribution in [3.63, 3.8) is 0 Å². The smallest absolute Gasteiger partial charge is 0.126 e. The summed E-state index contributed by atoms with van der Waals surface area (Å²) in [6.07, 6.45) is 5.09. The van der Waals surface area contributed by atoms with Crippen LogP contribution in [0.5, 0.6) is 0 Å². The molecule has 1 aliphatic heterocycles. The van der Waals surface area contributed by atoms with Gasteiger partial charge < -0.3 is 15.0 Å². The molecular formula is C22H27FN2O. The highest BCUT2D eigenvalue weighted by Crippen LogP contribution is 2.35. The Bertz CT molecular complexity index is 760. The van der Waals surface area contributed by atoms with Gasteiger partial charge in [-0.25, -0.2) is 4.39 Å². The molecule has 0 aliphatic carbocycles. The van der Waals surface area contributed by atoms with E-state index < -0.39 is 0 Å². The molecule has 0 aromatic heterocycles. The van der Waals surface area contributed by atoms with Gasteiger partial charge in [0.25, 0.3) is 0 Å². The van der Waals surface area contributed by atoms with E-state index in [1.165, 1.54) is 17.7 Å². The van der Waals surface area contributed by atoms with E-state index in [4.69, 9.17) is 0 Å². The van der Waals surface area contributed by atoms with Gasteiger partial charge in [0.2, 0.25) is 0 Å². The molecule has 0 spiro atoms. The molecule has 0 saturated heterocycles. The van der Waals surface area contributed by atoms with E-state index in [1.54, 1.807) is 12.1 Å². The summed E-state index contributed by atoms with van der Waals surface area (Å²) in [6, 6.07) is 11.7. The Hall–Kier alpha value is -2.36. The lowest BCUT2D eigenvalue weighted by molar-refractivity contribution is -0.107. The lowest BCUT2D eigenvalue weighted by atomic mass is 10.00. The van der Waals surface area contributed by atoms with Gasteiger partial charge in [-0.3, -0.25) is 0 Å². The second-order valence-electron chi connectivity index (χ2n) is 6.89. The van der Waals surface area contributed by atoms with Crippen molar-refractivity contribution in [1.82, 2.24) is 0 Å². The van der Waals surface area contributed by atoms with Crippen molar-refractivity contribution in [2.75, 3.05) is 23.3 Å². The van der Waals surface area contributed by atoms with Crippen LogP contribution in [0.25, 0.3) is 0 Å². The Labute approximate surface area is 155 Å². The van der Waals surface area contributed by atoms with Gasteiger partial charge >= 0.3 is 0 Å². The molecule has 26 heavy (non-hydrogen) atoms. The first-order valence-electron chi connectivity index (χ1n) is 9.54. The Morgan fingerprint density at radius 1 is 1.27 bits per heavy atom. The van der Waals surface area contributed by atoms with Crippen molar-refractivity contribution in [2.24, 2.45) is 0 Å². The molecule has 2 aromatic carbocycles. The van der Waals surface area contributed by atoms with E-state index in [9.17, 15) is 9.18 Å². The van der Waals surface area contributed by atoms with Crippen LogP contribution in [-0.2, 0) is 24.2 Å². The minimum Gasteiger partial charge on any atom is -0.379 e. The number of aldehydes is 1. The molecule has 0 unspecified atom stereocenters. The number of rotatable bonds is 8. The minimum atomic E-state index is -0.228. The Morgan fingerprint density at radius 2 is 2.15 bits per heavy atom. The number of aryl methyl sites for hydroxylation is 2. The second kappa shape index (κ2) is 8.84. The first-order valence-corrected chi connectivity index (χ1v) is 9.54. The molecule has 1 N–H and O–H groups in total. The van der Waals surface area contributed by atoms with Crippen LogP contribution in [0.2, 0.25) is 0 Å². The number of carbonyl (C=O) groups excluding carboxylic acids is 1. The molecule has 3 rings (SSSR count). The van der Waals surface area contributed by atoms with E-state index in [0.717, 1.165) is 43.5 Å². The number of nitrogens with zero attached hydrogens (tertiary/aromatic N) is 1. The summed E-state index contributed by atoms with van der Waals surface area (Å²) in [5, 5.41) is 3.50. The topological polar surface area (TPSA) is 32.3 Å². The predicted molar refractivity (Wildman–Crippen MR) is 105 cm³/mol. The first-order chi connectivity index (χ1) is 12.7. The number of carbonyl (C=O) groups is 1. The molecule has 2 aromatic rings. The fourth-order valence-electron chi connectivity index (χ4n) is 3.69. The second-order valence-corrected chi connectivity index (χ2v) is 6.89. The average Bonchev–Trinajstić information content (AvgIpc) is 2.66. The monoisotopic (exact) mass is 354 g/mol. The fraction of sp³-hybridized carbons (Fsp3) is 0.409. The van der Waals surface area contributed by atoms with Gasteiger partial charge in [-0.05, 0) is 54.5 Å². The highest BCUT2D eigenvalue weighted by Gasteiger charge is 2.19. The molecule has 0 radical (unpaired) electrons. The molecule has 1 aliphatic rings. The standard InChI is InChI=1S/C22H27FN2O/c1-2-12-25-13-4-7-19-6-3-9-21(22(19)25)24-16-17-10-11-18(8-5-14-26)20(23)15-17/h3,6,9-11,14-15,24H,2,4-5,7-8,12-13,16H2,1H3. The highest BCUT2D eigenvalue weighted by molar-refractivity contribution is 5.75. The van der Waals surface area contributed by atoms with E-state index in [1.807, 2.05) is 6.07 Å². The summed E-state index contributed by atoms with van der Waals surface area (Å²) >= 11 is 0. The van der Waals surface area contributed by atoms with Crippen LogP contribution in [0.3, 0.4) is 0 Å². The summed E-state index contributed by atoms with van der Waals surface area (Å²) in [6.45, 7) is 4.95. The molecule has 3 nitrogen and oxygen atoms in total. The van der Waals surface area contributed by atoms with E-state index in [2.05, 4.69) is 35.3 Å². The average molecular weight is 354 g/mol. The molecular weight excluding hydrogens is 327 g/mol. The quantitative estimate of drug-likeness (QED) is 0.696.